The lowest BCUT2D eigenvalue weighted by atomic mass is 10.2. The monoisotopic (exact) mass is 374 g/mol. The number of carbonyl (C=O) groups excluding carboxylic acids is 2. The van der Waals surface area contributed by atoms with E-state index in [0.717, 1.165) is 0 Å². The van der Waals surface area contributed by atoms with Gasteiger partial charge < -0.3 is 10.6 Å². The van der Waals surface area contributed by atoms with E-state index in [-0.39, 0.29) is 12.3 Å². The highest BCUT2D eigenvalue weighted by molar-refractivity contribution is 7.93. The second kappa shape index (κ2) is 7.52. The van der Waals surface area contributed by atoms with Crippen molar-refractivity contribution < 1.29 is 18.0 Å². The molecule has 1 fully saturated rings. The van der Waals surface area contributed by atoms with Gasteiger partial charge in [-0.3, -0.25) is 18.9 Å². The van der Waals surface area contributed by atoms with Gasteiger partial charge in [0.05, 0.1) is 23.7 Å². The second-order valence-electron chi connectivity index (χ2n) is 5.75. The average molecular weight is 374 g/mol. The number of carbonyl (C=O) groups is 2. The van der Waals surface area contributed by atoms with Gasteiger partial charge >= 0.3 is 11.8 Å². The molecule has 1 aliphatic heterocycles. The molecule has 1 aromatic heterocycles. The van der Waals surface area contributed by atoms with Crippen LogP contribution in [0.4, 0.5) is 11.4 Å². The lowest BCUT2D eigenvalue weighted by molar-refractivity contribution is -0.136. The lowest BCUT2D eigenvalue weighted by Gasteiger charge is -2.17. The van der Waals surface area contributed by atoms with Gasteiger partial charge in [-0.25, -0.2) is 8.42 Å². The number of pyridine rings is 1. The molecule has 0 atom stereocenters. The van der Waals surface area contributed by atoms with E-state index in [1.807, 2.05) is 0 Å². The minimum Gasteiger partial charge on any atom is -0.342 e. The molecule has 0 radical (unpaired) electrons. The molecular formula is C17H18N4O4S. The lowest BCUT2D eigenvalue weighted by Crippen LogP contribution is -2.35. The van der Waals surface area contributed by atoms with Crippen LogP contribution in [-0.2, 0) is 26.2 Å². The molecule has 1 aromatic carbocycles. The smallest absolute Gasteiger partial charge is 0.313 e. The average Bonchev–Trinajstić information content (AvgIpc) is 3.00. The van der Waals surface area contributed by atoms with Gasteiger partial charge in [0.2, 0.25) is 10.0 Å². The Morgan fingerprint density at radius 1 is 1.08 bits per heavy atom. The summed E-state index contributed by atoms with van der Waals surface area (Å²) < 4.78 is 25.1. The molecule has 26 heavy (non-hydrogen) atoms. The summed E-state index contributed by atoms with van der Waals surface area (Å²) in [5.74, 6) is -1.44. The zero-order valence-corrected chi connectivity index (χ0v) is 14.7. The van der Waals surface area contributed by atoms with Crippen molar-refractivity contribution in [2.45, 2.75) is 13.0 Å². The van der Waals surface area contributed by atoms with E-state index in [4.69, 9.17) is 0 Å². The van der Waals surface area contributed by atoms with Crippen molar-refractivity contribution >= 4 is 33.2 Å². The fourth-order valence-electron chi connectivity index (χ4n) is 2.58. The number of hydrogen-bond donors (Lipinski definition) is 2. The fourth-order valence-corrected chi connectivity index (χ4v) is 4.15. The van der Waals surface area contributed by atoms with Crippen LogP contribution in [0, 0.1) is 0 Å². The fraction of sp³-hybridized carbons (Fsp3) is 0.235. The minimum absolute atomic E-state index is 0.141. The van der Waals surface area contributed by atoms with Crippen LogP contribution >= 0.6 is 0 Å². The zero-order chi connectivity index (χ0) is 18.6. The first-order chi connectivity index (χ1) is 12.5. The summed E-state index contributed by atoms with van der Waals surface area (Å²) in [6, 6.07) is 11.6. The Morgan fingerprint density at radius 3 is 2.46 bits per heavy atom. The molecular weight excluding hydrogens is 356 g/mol. The Hall–Kier alpha value is -2.94. The molecule has 8 nitrogen and oxygen atoms in total. The first kappa shape index (κ1) is 17.9. The van der Waals surface area contributed by atoms with Crippen LogP contribution in [-0.4, -0.2) is 37.5 Å². The largest absolute Gasteiger partial charge is 0.342 e. The maximum Gasteiger partial charge on any atom is 0.313 e. The summed E-state index contributed by atoms with van der Waals surface area (Å²) in [7, 11) is -3.25. The molecule has 0 saturated carbocycles. The standard InChI is InChI=1S/C17H18N4O4S/c22-16(19-12-14-4-1-2-9-18-14)17(23)20-13-5-7-15(8-6-13)21-10-3-11-26(21,24)25/h1-2,4-9H,3,10-12H2,(H,19,22)(H,20,23). The van der Waals surface area contributed by atoms with Crippen LogP contribution in [0.5, 0.6) is 0 Å². The van der Waals surface area contributed by atoms with Crippen LogP contribution in [0.1, 0.15) is 12.1 Å². The highest BCUT2D eigenvalue weighted by atomic mass is 32.2. The van der Waals surface area contributed by atoms with E-state index in [0.29, 0.717) is 30.0 Å². The van der Waals surface area contributed by atoms with Crippen molar-refractivity contribution in [1.29, 1.82) is 0 Å². The van der Waals surface area contributed by atoms with E-state index < -0.39 is 21.8 Å². The van der Waals surface area contributed by atoms with Gasteiger partial charge in [-0.2, -0.15) is 0 Å². The SMILES string of the molecule is O=C(NCc1ccccn1)C(=O)Nc1ccc(N2CCCS2(=O)=O)cc1. The van der Waals surface area contributed by atoms with Gasteiger partial charge in [-0.05, 0) is 42.8 Å². The molecule has 1 saturated heterocycles. The van der Waals surface area contributed by atoms with E-state index in [9.17, 15) is 18.0 Å². The van der Waals surface area contributed by atoms with Crippen molar-refractivity contribution in [1.82, 2.24) is 10.3 Å². The first-order valence-electron chi connectivity index (χ1n) is 8.05. The van der Waals surface area contributed by atoms with Crippen molar-refractivity contribution in [2.75, 3.05) is 21.9 Å². The third-order valence-electron chi connectivity index (χ3n) is 3.87. The molecule has 0 unspecified atom stereocenters. The van der Waals surface area contributed by atoms with Crippen LogP contribution < -0.4 is 14.9 Å². The number of hydrogen-bond acceptors (Lipinski definition) is 5. The first-order valence-corrected chi connectivity index (χ1v) is 9.66. The zero-order valence-electron chi connectivity index (χ0n) is 13.9. The molecule has 9 heteroatoms. The third kappa shape index (κ3) is 4.17. The molecule has 2 amide bonds. The number of nitrogens with zero attached hydrogens (tertiary/aromatic N) is 2. The Bertz CT molecular complexity index is 898. The van der Waals surface area contributed by atoms with E-state index in [1.165, 1.54) is 4.31 Å². The molecule has 3 rings (SSSR count). The maximum absolute atomic E-state index is 11.9. The quantitative estimate of drug-likeness (QED) is 0.772. The van der Waals surface area contributed by atoms with Crippen molar-refractivity contribution in [3.8, 4) is 0 Å². The van der Waals surface area contributed by atoms with E-state index in [1.54, 1.807) is 48.7 Å². The molecule has 0 bridgehead atoms. The highest BCUT2D eigenvalue weighted by Crippen LogP contribution is 2.25. The summed E-state index contributed by atoms with van der Waals surface area (Å²) >= 11 is 0. The topological polar surface area (TPSA) is 108 Å². The molecule has 0 spiro atoms. The summed E-state index contributed by atoms with van der Waals surface area (Å²) in [4.78, 5) is 27.8. The Balaban J connectivity index is 1.56. The summed E-state index contributed by atoms with van der Waals surface area (Å²) in [5.41, 5.74) is 1.59. The van der Waals surface area contributed by atoms with Crippen molar-refractivity contribution in [3.63, 3.8) is 0 Å². The second-order valence-corrected chi connectivity index (χ2v) is 7.76. The number of nitrogens with one attached hydrogen (secondary N) is 2. The minimum atomic E-state index is -3.25. The Labute approximate surface area is 151 Å². The summed E-state index contributed by atoms with van der Waals surface area (Å²) in [6.45, 7) is 0.600. The number of sulfonamides is 1. The molecule has 0 aliphatic carbocycles. The summed E-state index contributed by atoms with van der Waals surface area (Å²) in [5, 5.41) is 4.96. The molecule has 1 aliphatic rings. The molecule has 2 aromatic rings. The van der Waals surface area contributed by atoms with Crippen LogP contribution in [0.2, 0.25) is 0 Å². The van der Waals surface area contributed by atoms with Gasteiger partial charge in [0.15, 0.2) is 0 Å². The Kier molecular flexibility index (Phi) is 5.17. The number of anilines is 2. The maximum atomic E-state index is 11.9. The predicted molar refractivity (Wildman–Crippen MR) is 96.9 cm³/mol. The number of amides is 2. The van der Waals surface area contributed by atoms with E-state index in [2.05, 4.69) is 15.6 Å². The normalized spacial score (nSPS) is 15.5. The van der Waals surface area contributed by atoms with Crippen LogP contribution in [0.3, 0.4) is 0 Å². The van der Waals surface area contributed by atoms with Gasteiger partial charge in [-0.1, -0.05) is 6.07 Å². The van der Waals surface area contributed by atoms with E-state index >= 15 is 0 Å². The highest BCUT2D eigenvalue weighted by Gasteiger charge is 2.28. The van der Waals surface area contributed by atoms with Crippen LogP contribution in [0.15, 0.2) is 48.7 Å². The third-order valence-corrected chi connectivity index (χ3v) is 5.74. The number of aromatic nitrogens is 1. The van der Waals surface area contributed by atoms with Gasteiger partial charge in [0, 0.05) is 18.4 Å². The van der Waals surface area contributed by atoms with Crippen LogP contribution in [0.25, 0.3) is 0 Å². The van der Waals surface area contributed by atoms with Gasteiger partial charge in [0.25, 0.3) is 0 Å². The van der Waals surface area contributed by atoms with Crippen molar-refractivity contribution in [2.24, 2.45) is 0 Å². The predicted octanol–water partition coefficient (Wildman–Crippen LogP) is 0.876. The number of benzene rings is 1. The van der Waals surface area contributed by atoms with Gasteiger partial charge in [0.1, 0.15) is 0 Å². The Morgan fingerprint density at radius 2 is 1.85 bits per heavy atom. The summed E-state index contributed by atoms with van der Waals surface area (Å²) in [6.07, 6.45) is 2.20. The van der Waals surface area contributed by atoms with Crippen molar-refractivity contribution in [3.05, 3.63) is 54.4 Å². The molecule has 2 heterocycles. The van der Waals surface area contributed by atoms with Gasteiger partial charge in [-0.15, -0.1) is 0 Å². The number of rotatable bonds is 4. The molecule has 136 valence electrons. The molecule has 2 N–H and O–H groups in total.